The van der Waals surface area contributed by atoms with Crippen LogP contribution in [0.1, 0.15) is 30.5 Å². The first-order valence-corrected chi connectivity index (χ1v) is 6.83. The molecule has 0 aliphatic rings. The van der Waals surface area contributed by atoms with Crippen LogP contribution >= 0.6 is 0 Å². The molecule has 0 saturated carbocycles. The van der Waals surface area contributed by atoms with Crippen molar-refractivity contribution in [1.29, 1.82) is 0 Å². The molecule has 3 nitrogen and oxygen atoms in total. The second kappa shape index (κ2) is 7.13. The van der Waals surface area contributed by atoms with E-state index in [9.17, 15) is 8.78 Å². The van der Waals surface area contributed by atoms with E-state index in [1.54, 1.807) is 18.2 Å². The quantitative estimate of drug-likeness (QED) is 0.885. The van der Waals surface area contributed by atoms with Crippen LogP contribution in [0.25, 0.3) is 0 Å². The molecule has 1 unspecified atom stereocenters. The fraction of sp³-hybridized carbons (Fsp3) is 0.312. The van der Waals surface area contributed by atoms with Crippen LogP contribution in [0.3, 0.4) is 0 Å². The van der Waals surface area contributed by atoms with Crippen LogP contribution in [0, 0.1) is 11.6 Å². The molecule has 0 amide bonds. The monoisotopic (exact) mass is 292 g/mol. The Balaban J connectivity index is 2.43. The normalized spacial score (nSPS) is 12.2. The van der Waals surface area contributed by atoms with E-state index in [0.29, 0.717) is 23.4 Å². The molecule has 0 bridgehead atoms. The third-order valence-electron chi connectivity index (χ3n) is 3.23. The summed E-state index contributed by atoms with van der Waals surface area (Å²) in [5, 5.41) is 3.17. The van der Waals surface area contributed by atoms with E-state index in [1.165, 1.54) is 19.4 Å². The van der Waals surface area contributed by atoms with Crippen molar-refractivity contribution in [3.63, 3.8) is 0 Å². The Bertz CT molecular complexity index is 605. The highest BCUT2D eigenvalue weighted by molar-refractivity contribution is 5.36. The zero-order valence-corrected chi connectivity index (χ0v) is 12.1. The number of nitrogens with one attached hydrogen (secondary N) is 1. The van der Waals surface area contributed by atoms with Crippen molar-refractivity contribution < 1.29 is 13.5 Å². The van der Waals surface area contributed by atoms with Crippen LogP contribution in [0.2, 0.25) is 0 Å². The van der Waals surface area contributed by atoms with Crippen LogP contribution in [0.4, 0.5) is 8.78 Å². The highest BCUT2D eigenvalue weighted by atomic mass is 19.1. The Morgan fingerprint density at radius 1 is 1.19 bits per heavy atom. The third-order valence-corrected chi connectivity index (χ3v) is 3.23. The topological polar surface area (TPSA) is 34.2 Å². The molecule has 0 aliphatic carbocycles. The minimum Gasteiger partial charge on any atom is -0.497 e. The van der Waals surface area contributed by atoms with Crippen molar-refractivity contribution in [2.24, 2.45) is 0 Å². The molecular formula is C16H18F2N2O. The molecule has 5 heteroatoms. The molecule has 1 aromatic carbocycles. The molecule has 112 valence electrons. The summed E-state index contributed by atoms with van der Waals surface area (Å²) in [7, 11) is 1.48. The highest BCUT2D eigenvalue weighted by Crippen LogP contribution is 2.28. The van der Waals surface area contributed by atoms with Gasteiger partial charge in [0.05, 0.1) is 19.3 Å². The van der Waals surface area contributed by atoms with Crippen molar-refractivity contribution in [3.05, 3.63) is 59.4 Å². The van der Waals surface area contributed by atoms with Crippen molar-refractivity contribution in [2.75, 3.05) is 13.7 Å². The molecule has 1 atom stereocenters. The van der Waals surface area contributed by atoms with Gasteiger partial charge in [0, 0.05) is 23.4 Å². The largest absolute Gasteiger partial charge is 0.497 e. The predicted molar refractivity (Wildman–Crippen MR) is 77.3 cm³/mol. The molecule has 1 heterocycles. The number of hydrogen-bond acceptors (Lipinski definition) is 3. The minimum atomic E-state index is -0.557. The van der Waals surface area contributed by atoms with Crippen LogP contribution in [0.5, 0.6) is 5.75 Å². The Labute approximate surface area is 123 Å². The average Bonchev–Trinajstić information content (AvgIpc) is 2.50. The average molecular weight is 292 g/mol. The number of pyridine rings is 1. The number of ether oxygens (including phenoxy) is 1. The van der Waals surface area contributed by atoms with Crippen molar-refractivity contribution >= 4 is 0 Å². The maximum absolute atomic E-state index is 14.3. The zero-order valence-electron chi connectivity index (χ0n) is 12.1. The SMILES string of the molecule is CCCNC(c1ccncc1F)c1ccc(OC)cc1F. The molecule has 1 aromatic heterocycles. The van der Waals surface area contributed by atoms with Gasteiger partial charge in [-0.2, -0.15) is 0 Å². The summed E-state index contributed by atoms with van der Waals surface area (Å²) in [6.07, 6.45) is 3.50. The van der Waals surface area contributed by atoms with Crippen LogP contribution < -0.4 is 10.1 Å². The molecular weight excluding hydrogens is 274 g/mol. The molecule has 21 heavy (non-hydrogen) atoms. The van der Waals surface area contributed by atoms with Gasteiger partial charge in [-0.05, 0) is 25.1 Å². The molecule has 0 spiro atoms. The lowest BCUT2D eigenvalue weighted by atomic mass is 9.98. The van der Waals surface area contributed by atoms with E-state index < -0.39 is 17.7 Å². The predicted octanol–water partition coefficient (Wildman–Crippen LogP) is 3.46. The van der Waals surface area contributed by atoms with Gasteiger partial charge in [-0.1, -0.05) is 13.0 Å². The molecule has 0 aliphatic heterocycles. The number of aromatic nitrogens is 1. The van der Waals surface area contributed by atoms with Gasteiger partial charge in [0.2, 0.25) is 0 Å². The minimum absolute atomic E-state index is 0.377. The molecule has 1 N–H and O–H groups in total. The second-order valence-corrected chi connectivity index (χ2v) is 4.67. The Hall–Kier alpha value is -2.01. The second-order valence-electron chi connectivity index (χ2n) is 4.67. The van der Waals surface area contributed by atoms with E-state index in [2.05, 4.69) is 10.3 Å². The van der Waals surface area contributed by atoms with E-state index in [4.69, 9.17) is 4.74 Å². The molecule has 0 saturated heterocycles. The van der Waals surface area contributed by atoms with Gasteiger partial charge in [-0.15, -0.1) is 0 Å². The van der Waals surface area contributed by atoms with Gasteiger partial charge in [0.15, 0.2) is 0 Å². The summed E-state index contributed by atoms with van der Waals surface area (Å²) in [4.78, 5) is 3.73. The third kappa shape index (κ3) is 3.55. The summed E-state index contributed by atoms with van der Waals surface area (Å²) in [5.74, 6) is -0.457. The summed E-state index contributed by atoms with van der Waals surface area (Å²) >= 11 is 0. The molecule has 2 aromatic rings. The van der Waals surface area contributed by atoms with E-state index in [-0.39, 0.29) is 0 Å². The number of nitrogens with zero attached hydrogens (tertiary/aromatic N) is 1. The Morgan fingerprint density at radius 3 is 2.57 bits per heavy atom. The lowest BCUT2D eigenvalue weighted by Gasteiger charge is -2.20. The summed E-state index contributed by atoms with van der Waals surface area (Å²) < 4.78 is 33.2. The smallest absolute Gasteiger partial charge is 0.146 e. The van der Waals surface area contributed by atoms with Crippen LogP contribution in [-0.2, 0) is 0 Å². The number of rotatable bonds is 6. The number of benzene rings is 1. The van der Waals surface area contributed by atoms with Gasteiger partial charge >= 0.3 is 0 Å². The van der Waals surface area contributed by atoms with Gasteiger partial charge in [-0.25, -0.2) is 8.78 Å². The van der Waals surface area contributed by atoms with E-state index >= 15 is 0 Å². The van der Waals surface area contributed by atoms with Gasteiger partial charge in [0.1, 0.15) is 17.4 Å². The fourth-order valence-corrected chi connectivity index (χ4v) is 2.17. The Morgan fingerprint density at radius 2 is 1.95 bits per heavy atom. The number of hydrogen-bond donors (Lipinski definition) is 1. The van der Waals surface area contributed by atoms with Gasteiger partial charge < -0.3 is 10.1 Å². The number of halogens is 2. The standard InChI is InChI=1S/C16H18F2N2O/c1-3-7-20-16(13-6-8-19-10-15(13)18)12-5-4-11(21-2)9-14(12)17/h4-6,8-10,16,20H,3,7H2,1-2H3. The molecule has 2 rings (SSSR count). The first-order valence-electron chi connectivity index (χ1n) is 6.83. The molecule has 0 fully saturated rings. The van der Waals surface area contributed by atoms with Gasteiger partial charge in [-0.3, -0.25) is 4.98 Å². The summed E-state index contributed by atoms with van der Waals surface area (Å²) in [5.41, 5.74) is 0.761. The maximum Gasteiger partial charge on any atom is 0.146 e. The Kier molecular flexibility index (Phi) is 5.22. The first kappa shape index (κ1) is 15.4. The van der Waals surface area contributed by atoms with E-state index in [1.807, 2.05) is 6.92 Å². The lowest BCUT2D eigenvalue weighted by molar-refractivity contribution is 0.409. The van der Waals surface area contributed by atoms with Crippen LogP contribution in [-0.4, -0.2) is 18.6 Å². The van der Waals surface area contributed by atoms with Crippen molar-refractivity contribution in [1.82, 2.24) is 10.3 Å². The first-order chi connectivity index (χ1) is 10.2. The lowest BCUT2D eigenvalue weighted by Crippen LogP contribution is -2.25. The van der Waals surface area contributed by atoms with Crippen molar-refractivity contribution in [2.45, 2.75) is 19.4 Å². The number of methoxy groups -OCH3 is 1. The summed E-state index contributed by atoms with van der Waals surface area (Å²) in [6, 6.07) is 5.58. The van der Waals surface area contributed by atoms with Crippen LogP contribution in [0.15, 0.2) is 36.7 Å². The molecule has 0 radical (unpaired) electrons. The summed E-state index contributed by atoms with van der Waals surface area (Å²) in [6.45, 7) is 2.65. The zero-order chi connectivity index (χ0) is 15.2. The van der Waals surface area contributed by atoms with Gasteiger partial charge in [0.25, 0.3) is 0 Å². The highest BCUT2D eigenvalue weighted by Gasteiger charge is 2.20. The fourth-order valence-electron chi connectivity index (χ4n) is 2.17. The maximum atomic E-state index is 14.3. The van der Waals surface area contributed by atoms with Crippen molar-refractivity contribution in [3.8, 4) is 5.75 Å². The van der Waals surface area contributed by atoms with E-state index in [0.717, 1.165) is 12.6 Å².